The molecule has 2 N–H and O–H groups in total. The fourth-order valence-corrected chi connectivity index (χ4v) is 5.26. The molecule has 0 aliphatic heterocycles. The first-order chi connectivity index (χ1) is 12.6. The zero-order chi connectivity index (χ0) is 20.7. The van der Waals surface area contributed by atoms with Crippen LogP contribution in [0.5, 0.6) is 5.75 Å². The molecule has 10 heteroatoms. The lowest BCUT2D eigenvalue weighted by atomic mass is 10.3. The molecular formula is C17H28N2O6S2. The standard InChI is InChI=1S/C17H28N2O6S2/c1-4-7-8-11-26(22,23)13-17(21)18-15-12-14(9-10-16(15)20)27(24,25)19(5-2)6-3/h9-10,12,20H,4-8,11,13H2,1-3H3,(H,18,21). The molecular weight excluding hydrogens is 392 g/mol. The van der Waals surface area contributed by atoms with Crippen molar-refractivity contribution in [3.63, 3.8) is 0 Å². The lowest BCUT2D eigenvalue weighted by Gasteiger charge is -2.19. The second kappa shape index (κ2) is 10.0. The predicted molar refractivity (Wildman–Crippen MR) is 105 cm³/mol. The topological polar surface area (TPSA) is 121 Å². The minimum atomic E-state index is -3.77. The van der Waals surface area contributed by atoms with Gasteiger partial charge in [-0.1, -0.05) is 33.6 Å². The largest absolute Gasteiger partial charge is 0.506 e. The second-order valence-corrected chi connectivity index (χ2v) is 10.2. The van der Waals surface area contributed by atoms with Crippen LogP contribution < -0.4 is 5.32 Å². The Morgan fingerprint density at radius 3 is 2.26 bits per heavy atom. The van der Waals surface area contributed by atoms with Gasteiger partial charge in [0, 0.05) is 13.1 Å². The van der Waals surface area contributed by atoms with E-state index in [1.54, 1.807) is 13.8 Å². The molecule has 0 radical (unpaired) electrons. The van der Waals surface area contributed by atoms with Crippen molar-refractivity contribution in [1.82, 2.24) is 4.31 Å². The number of sulfone groups is 1. The molecule has 1 aromatic carbocycles. The summed E-state index contributed by atoms with van der Waals surface area (Å²) in [7, 11) is -7.34. The van der Waals surface area contributed by atoms with Gasteiger partial charge in [0.05, 0.1) is 16.3 Å². The van der Waals surface area contributed by atoms with Gasteiger partial charge < -0.3 is 10.4 Å². The number of unbranched alkanes of at least 4 members (excludes halogenated alkanes) is 2. The summed E-state index contributed by atoms with van der Waals surface area (Å²) < 4.78 is 50.3. The number of rotatable bonds is 11. The number of benzene rings is 1. The number of amides is 1. The number of anilines is 1. The van der Waals surface area contributed by atoms with E-state index in [2.05, 4.69) is 5.32 Å². The zero-order valence-electron chi connectivity index (χ0n) is 15.9. The first-order valence-corrected chi connectivity index (χ1v) is 12.2. The van der Waals surface area contributed by atoms with E-state index < -0.39 is 31.5 Å². The van der Waals surface area contributed by atoms with E-state index in [1.165, 1.54) is 10.4 Å². The average molecular weight is 421 g/mol. The van der Waals surface area contributed by atoms with Crippen molar-refractivity contribution < 1.29 is 26.7 Å². The molecule has 1 amide bonds. The molecule has 0 aliphatic rings. The van der Waals surface area contributed by atoms with E-state index in [9.17, 15) is 26.7 Å². The van der Waals surface area contributed by atoms with Gasteiger partial charge >= 0.3 is 0 Å². The second-order valence-electron chi connectivity index (χ2n) is 6.12. The number of phenols is 1. The van der Waals surface area contributed by atoms with Crippen molar-refractivity contribution >= 4 is 31.5 Å². The van der Waals surface area contributed by atoms with Crippen LogP contribution in [-0.2, 0) is 24.7 Å². The van der Waals surface area contributed by atoms with Crippen LogP contribution in [0.2, 0.25) is 0 Å². The molecule has 154 valence electrons. The Balaban J connectivity index is 2.97. The van der Waals surface area contributed by atoms with Gasteiger partial charge in [0.2, 0.25) is 15.9 Å². The van der Waals surface area contributed by atoms with E-state index in [4.69, 9.17) is 0 Å². The maximum absolute atomic E-state index is 12.6. The smallest absolute Gasteiger partial charge is 0.243 e. The van der Waals surface area contributed by atoms with Crippen molar-refractivity contribution in [2.75, 3.05) is 29.9 Å². The molecule has 27 heavy (non-hydrogen) atoms. The number of phenolic OH excluding ortho intramolecular Hbond substituents is 1. The molecule has 0 aromatic heterocycles. The number of sulfonamides is 1. The SMILES string of the molecule is CCCCCS(=O)(=O)CC(=O)Nc1cc(S(=O)(=O)N(CC)CC)ccc1O. The average Bonchev–Trinajstić information content (AvgIpc) is 2.57. The first-order valence-electron chi connectivity index (χ1n) is 8.90. The van der Waals surface area contributed by atoms with Gasteiger partial charge in [-0.2, -0.15) is 4.31 Å². The van der Waals surface area contributed by atoms with Crippen LogP contribution in [-0.4, -0.2) is 56.7 Å². The maximum atomic E-state index is 12.6. The quantitative estimate of drug-likeness (QED) is 0.417. The maximum Gasteiger partial charge on any atom is 0.243 e. The van der Waals surface area contributed by atoms with E-state index in [0.717, 1.165) is 25.0 Å². The molecule has 0 saturated heterocycles. The third-order valence-corrected chi connectivity index (χ3v) is 7.65. The molecule has 0 bridgehead atoms. The van der Waals surface area contributed by atoms with Crippen LogP contribution in [0.3, 0.4) is 0 Å². The van der Waals surface area contributed by atoms with Crippen molar-refractivity contribution in [3.8, 4) is 5.75 Å². The Hall–Kier alpha value is -1.65. The normalized spacial score (nSPS) is 12.3. The summed E-state index contributed by atoms with van der Waals surface area (Å²) >= 11 is 0. The number of nitrogens with one attached hydrogen (secondary N) is 1. The lowest BCUT2D eigenvalue weighted by molar-refractivity contribution is -0.113. The summed E-state index contributed by atoms with van der Waals surface area (Å²) in [5.41, 5.74) is -0.142. The van der Waals surface area contributed by atoms with Crippen molar-refractivity contribution in [3.05, 3.63) is 18.2 Å². The molecule has 0 atom stereocenters. The third-order valence-electron chi connectivity index (χ3n) is 4.00. The van der Waals surface area contributed by atoms with E-state index in [0.29, 0.717) is 6.42 Å². The Morgan fingerprint density at radius 1 is 1.07 bits per heavy atom. The molecule has 1 aromatic rings. The zero-order valence-corrected chi connectivity index (χ0v) is 17.6. The lowest BCUT2D eigenvalue weighted by Crippen LogP contribution is -2.30. The van der Waals surface area contributed by atoms with Gasteiger partial charge in [0.1, 0.15) is 11.5 Å². The summed E-state index contributed by atoms with van der Waals surface area (Å²) in [5, 5.41) is 12.2. The highest BCUT2D eigenvalue weighted by molar-refractivity contribution is 7.92. The van der Waals surface area contributed by atoms with Crippen LogP contribution in [0, 0.1) is 0 Å². The fourth-order valence-electron chi connectivity index (χ4n) is 2.52. The van der Waals surface area contributed by atoms with Gasteiger partial charge in [-0.15, -0.1) is 0 Å². The van der Waals surface area contributed by atoms with E-state index in [1.807, 2.05) is 6.92 Å². The van der Waals surface area contributed by atoms with Gasteiger partial charge in [0.15, 0.2) is 9.84 Å². The van der Waals surface area contributed by atoms with Crippen LogP contribution in [0.1, 0.15) is 40.0 Å². The molecule has 0 spiro atoms. The Bertz CT molecular complexity index is 846. The molecule has 8 nitrogen and oxygen atoms in total. The molecule has 0 heterocycles. The number of aromatic hydroxyl groups is 1. The molecule has 1 rings (SSSR count). The third kappa shape index (κ3) is 6.78. The van der Waals surface area contributed by atoms with Crippen LogP contribution in [0.4, 0.5) is 5.69 Å². The fraction of sp³-hybridized carbons (Fsp3) is 0.588. The first kappa shape index (κ1) is 23.4. The Labute approximate surface area is 161 Å². The number of hydrogen-bond acceptors (Lipinski definition) is 6. The van der Waals surface area contributed by atoms with Crippen molar-refractivity contribution in [2.45, 2.75) is 44.9 Å². The highest BCUT2D eigenvalue weighted by Crippen LogP contribution is 2.28. The van der Waals surface area contributed by atoms with Crippen LogP contribution in [0.25, 0.3) is 0 Å². The summed E-state index contributed by atoms with van der Waals surface area (Å²) in [6, 6.07) is 3.52. The predicted octanol–water partition coefficient (Wildman–Crippen LogP) is 1.97. The van der Waals surface area contributed by atoms with Crippen molar-refractivity contribution in [1.29, 1.82) is 0 Å². The van der Waals surface area contributed by atoms with E-state index in [-0.39, 0.29) is 35.2 Å². The molecule has 0 saturated carbocycles. The molecule has 0 unspecified atom stereocenters. The number of nitrogens with zero attached hydrogens (tertiary/aromatic N) is 1. The summed E-state index contributed by atoms with van der Waals surface area (Å²) in [6.07, 6.45) is 2.10. The van der Waals surface area contributed by atoms with Crippen LogP contribution >= 0.6 is 0 Å². The highest BCUT2D eigenvalue weighted by Gasteiger charge is 2.23. The molecule has 0 aliphatic carbocycles. The summed E-state index contributed by atoms with van der Waals surface area (Å²) in [6.45, 7) is 5.90. The minimum absolute atomic E-state index is 0.0867. The van der Waals surface area contributed by atoms with Gasteiger partial charge in [-0.05, 0) is 24.6 Å². The van der Waals surface area contributed by atoms with Gasteiger partial charge in [-0.25, -0.2) is 16.8 Å². The molecule has 0 fully saturated rings. The van der Waals surface area contributed by atoms with Crippen LogP contribution in [0.15, 0.2) is 23.1 Å². The summed E-state index contributed by atoms with van der Waals surface area (Å²) in [5.74, 6) is -1.97. The van der Waals surface area contributed by atoms with Gasteiger partial charge in [0.25, 0.3) is 0 Å². The van der Waals surface area contributed by atoms with E-state index >= 15 is 0 Å². The minimum Gasteiger partial charge on any atom is -0.506 e. The number of carbonyl (C=O) groups is 1. The van der Waals surface area contributed by atoms with Gasteiger partial charge in [-0.3, -0.25) is 4.79 Å². The Kier molecular flexibility index (Phi) is 8.70. The highest BCUT2D eigenvalue weighted by atomic mass is 32.2. The number of carbonyl (C=O) groups excluding carboxylic acids is 1. The van der Waals surface area contributed by atoms with Crippen molar-refractivity contribution in [2.24, 2.45) is 0 Å². The Morgan fingerprint density at radius 2 is 1.70 bits per heavy atom. The number of hydrogen-bond donors (Lipinski definition) is 2. The monoisotopic (exact) mass is 420 g/mol. The summed E-state index contributed by atoms with van der Waals surface area (Å²) in [4.78, 5) is 12.0.